The van der Waals surface area contributed by atoms with Crippen LogP contribution in [0.5, 0.6) is 11.5 Å². The van der Waals surface area contributed by atoms with Gasteiger partial charge in [0.25, 0.3) is 0 Å². The molecule has 2 fully saturated rings. The highest BCUT2D eigenvalue weighted by Gasteiger charge is 2.27. The van der Waals surface area contributed by atoms with Crippen LogP contribution in [0.25, 0.3) is 0 Å². The Labute approximate surface area is 150 Å². The SMILES string of the molecule is O=C(CN1CSCC1=O)N1CCN(Cc2ccc3c(c2)OCO3)CC1. The topological polar surface area (TPSA) is 62.3 Å². The first-order valence-electron chi connectivity index (χ1n) is 8.43. The Kier molecular flexibility index (Phi) is 4.72. The maximum Gasteiger partial charge on any atom is 0.242 e. The third kappa shape index (κ3) is 3.69. The molecule has 0 unspecified atom stereocenters. The third-order valence-corrected chi connectivity index (χ3v) is 5.66. The molecule has 1 aromatic carbocycles. The maximum atomic E-state index is 12.4. The van der Waals surface area contributed by atoms with Gasteiger partial charge in [0.15, 0.2) is 11.5 Å². The van der Waals surface area contributed by atoms with E-state index in [0.717, 1.165) is 31.1 Å². The molecule has 3 aliphatic heterocycles. The van der Waals surface area contributed by atoms with Crippen LogP contribution in [0.1, 0.15) is 5.56 Å². The fourth-order valence-corrected chi connectivity index (χ4v) is 4.16. The van der Waals surface area contributed by atoms with Crippen LogP contribution in [0.2, 0.25) is 0 Å². The number of hydrogen-bond donors (Lipinski definition) is 0. The molecule has 1 aromatic rings. The Morgan fingerprint density at radius 1 is 1.12 bits per heavy atom. The van der Waals surface area contributed by atoms with Crippen molar-refractivity contribution >= 4 is 23.6 Å². The summed E-state index contributed by atoms with van der Waals surface area (Å²) < 4.78 is 10.8. The lowest BCUT2D eigenvalue weighted by molar-refractivity contribution is -0.139. The molecule has 0 aliphatic carbocycles. The molecule has 0 aromatic heterocycles. The fraction of sp³-hybridized carbons (Fsp3) is 0.529. The zero-order valence-corrected chi connectivity index (χ0v) is 14.8. The second kappa shape index (κ2) is 7.13. The molecule has 3 heterocycles. The summed E-state index contributed by atoms with van der Waals surface area (Å²) in [5, 5.41) is 0. The largest absolute Gasteiger partial charge is 0.454 e. The lowest BCUT2D eigenvalue weighted by atomic mass is 10.1. The van der Waals surface area contributed by atoms with E-state index in [0.29, 0.717) is 24.7 Å². The minimum absolute atomic E-state index is 0.0542. The van der Waals surface area contributed by atoms with Crippen molar-refractivity contribution in [3.8, 4) is 11.5 Å². The molecule has 8 heteroatoms. The number of rotatable bonds is 4. The molecule has 0 saturated carbocycles. The van der Waals surface area contributed by atoms with E-state index >= 15 is 0 Å². The molecular formula is C17H21N3O4S. The van der Waals surface area contributed by atoms with Gasteiger partial charge in [-0.05, 0) is 17.7 Å². The quantitative estimate of drug-likeness (QED) is 0.780. The lowest BCUT2D eigenvalue weighted by Crippen LogP contribution is -2.51. The van der Waals surface area contributed by atoms with E-state index in [1.165, 1.54) is 5.56 Å². The van der Waals surface area contributed by atoms with Crippen molar-refractivity contribution in [1.82, 2.24) is 14.7 Å². The average molecular weight is 363 g/mol. The van der Waals surface area contributed by atoms with Crippen LogP contribution in [0.15, 0.2) is 18.2 Å². The number of carbonyl (C=O) groups is 2. The van der Waals surface area contributed by atoms with Crippen molar-refractivity contribution < 1.29 is 19.1 Å². The normalized spacial score (nSPS) is 20.4. The lowest BCUT2D eigenvalue weighted by Gasteiger charge is -2.35. The smallest absolute Gasteiger partial charge is 0.242 e. The summed E-state index contributed by atoms with van der Waals surface area (Å²) in [4.78, 5) is 29.8. The predicted octanol–water partition coefficient (Wildman–Crippen LogP) is 0.592. The summed E-state index contributed by atoms with van der Waals surface area (Å²) in [7, 11) is 0. The van der Waals surface area contributed by atoms with Crippen LogP contribution < -0.4 is 9.47 Å². The van der Waals surface area contributed by atoms with Gasteiger partial charge >= 0.3 is 0 Å². The second-order valence-electron chi connectivity index (χ2n) is 6.41. The van der Waals surface area contributed by atoms with E-state index in [1.807, 2.05) is 17.0 Å². The van der Waals surface area contributed by atoms with Crippen molar-refractivity contribution in [2.45, 2.75) is 6.54 Å². The minimum atomic E-state index is 0.0542. The van der Waals surface area contributed by atoms with Crippen molar-refractivity contribution in [2.75, 3.05) is 51.1 Å². The molecule has 0 bridgehead atoms. The molecular weight excluding hydrogens is 342 g/mol. The van der Waals surface area contributed by atoms with Crippen molar-refractivity contribution in [3.05, 3.63) is 23.8 Å². The first kappa shape index (κ1) is 16.5. The minimum Gasteiger partial charge on any atom is -0.454 e. The van der Waals surface area contributed by atoms with E-state index in [1.54, 1.807) is 16.7 Å². The number of thioether (sulfide) groups is 1. The molecule has 25 heavy (non-hydrogen) atoms. The Morgan fingerprint density at radius 3 is 2.68 bits per heavy atom. The van der Waals surface area contributed by atoms with Crippen LogP contribution in [0.3, 0.4) is 0 Å². The number of carbonyl (C=O) groups excluding carboxylic acids is 2. The van der Waals surface area contributed by atoms with Gasteiger partial charge in [-0.2, -0.15) is 0 Å². The Bertz CT molecular complexity index is 676. The second-order valence-corrected chi connectivity index (χ2v) is 7.37. The highest BCUT2D eigenvalue weighted by Crippen LogP contribution is 2.32. The molecule has 0 spiro atoms. The van der Waals surface area contributed by atoms with Crippen LogP contribution in [-0.4, -0.2) is 77.7 Å². The van der Waals surface area contributed by atoms with Crippen LogP contribution >= 0.6 is 11.8 Å². The maximum absolute atomic E-state index is 12.4. The predicted molar refractivity (Wildman–Crippen MR) is 93.5 cm³/mol. The Morgan fingerprint density at radius 2 is 1.92 bits per heavy atom. The van der Waals surface area contributed by atoms with Gasteiger partial charge in [0.05, 0.1) is 11.6 Å². The zero-order chi connectivity index (χ0) is 17.2. The molecule has 0 radical (unpaired) electrons. The molecule has 2 amide bonds. The molecule has 7 nitrogen and oxygen atoms in total. The number of fused-ring (bicyclic) bond motifs is 1. The van der Waals surface area contributed by atoms with E-state index in [4.69, 9.17) is 9.47 Å². The summed E-state index contributed by atoms with van der Waals surface area (Å²) >= 11 is 1.57. The standard InChI is InChI=1S/C17H21N3O4S/c21-16(9-20-11-25-10-17(20)22)19-5-3-18(4-6-19)8-13-1-2-14-15(7-13)24-12-23-14/h1-2,7H,3-6,8-12H2. The van der Waals surface area contributed by atoms with Gasteiger partial charge in [-0.1, -0.05) is 6.07 Å². The van der Waals surface area contributed by atoms with Gasteiger partial charge in [0.1, 0.15) is 6.54 Å². The average Bonchev–Trinajstić information content (AvgIpc) is 3.24. The summed E-state index contributed by atoms with van der Waals surface area (Å²) in [6, 6.07) is 6.03. The van der Waals surface area contributed by atoms with Gasteiger partial charge in [-0.15, -0.1) is 11.8 Å². The first-order valence-corrected chi connectivity index (χ1v) is 9.59. The molecule has 0 atom stereocenters. The Balaban J connectivity index is 1.26. The summed E-state index contributed by atoms with van der Waals surface area (Å²) in [5.41, 5.74) is 1.18. The van der Waals surface area contributed by atoms with Crippen LogP contribution in [0, 0.1) is 0 Å². The van der Waals surface area contributed by atoms with Gasteiger partial charge in [0, 0.05) is 32.7 Å². The van der Waals surface area contributed by atoms with Crippen LogP contribution in [-0.2, 0) is 16.1 Å². The summed E-state index contributed by atoms with van der Waals surface area (Å²) in [5.74, 6) is 2.86. The number of amides is 2. The highest BCUT2D eigenvalue weighted by atomic mass is 32.2. The highest BCUT2D eigenvalue weighted by molar-refractivity contribution is 8.00. The van der Waals surface area contributed by atoms with Crippen molar-refractivity contribution in [2.24, 2.45) is 0 Å². The molecule has 0 N–H and O–H groups in total. The van der Waals surface area contributed by atoms with Crippen molar-refractivity contribution in [3.63, 3.8) is 0 Å². The van der Waals surface area contributed by atoms with E-state index in [2.05, 4.69) is 11.0 Å². The van der Waals surface area contributed by atoms with Gasteiger partial charge < -0.3 is 19.3 Å². The van der Waals surface area contributed by atoms with Gasteiger partial charge in [-0.3, -0.25) is 14.5 Å². The fourth-order valence-electron chi connectivity index (χ4n) is 3.26. The third-order valence-electron chi connectivity index (χ3n) is 4.72. The Hall–Kier alpha value is -1.93. The number of piperazine rings is 1. The van der Waals surface area contributed by atoms with Gasteiger partial charge in [0.2, 0.25) is 18.6 Å². The van der Waals surface area contributed by atoms with E-state index < -0.39 is 0 Å². The zero-order valence-electron chi connectivity index (χ0n) is 14.0. The molecule has 134 valence electrons. The number of ether oxygens (including phenoxy) is 2. The molecule has 4 rings (SSSR count). The van der Waals surface area contributed by atoms with Crippen LogP contribution in [0.4, 0.5) is 0 Å². The summed E-state index contributed by atoms with van der Waals surface area (Å²) in [6.45, 7) is 4.42. The number of benzene rings is 1. The van der Waals surface area contributed by atoms with Crippen molar-refractivity contribution in [1.29, 1.82) is 0 Å². The number of nitrogens with zero attached hydrogens (tertiary/aromatic N) is 3. The molecule has 2 saturated heterocycles. The van der Waals surface area contributed by atoms with Gasteiger partial charge in [-0.25, -0.2) is 0 Å². The monoisotopic (exact) mass is 363 g/mol. The van der Waals surface area contributed by atoms with E-state index in [9.17, 15) is 9.59 Å². The molecule has 3 aliphatic rings. The summed E-state index contributed by atoms with van der Waals surface area (Å²) in [6.07, 6.45) is 0. The van der Waals surface area contributed by atoms with E-state index in [-0.39, 0.29) is 25.2 Å². The number of hydrogen-bond acceptors (Lipinski definition) is 6. The first-order chi connectivity index (χ1) is 12.2.